The summed E-state index contributed by atoms with van der Waals surface area (Å²) in [4.78, 5) is 39.8. The lowest BCUT2D eigenvalue weighted by atomic mass is 9.84. The number of fused-ring (bicyclic) bond motifs is 1. The van der Waals surface area contributed by atoms with Crippen LogP contribution in [0.5, 0.6) is 0 Å². The summed E-state index contributed by atoms with van der Waals surface area (Å²) in [6.45, 7) is 0. The summed E-state index contributed by atoms with van der Waals surface area (Å²) in [5, 5.41) is 9.46. The number of carboxylic acids is 1. The predicted octanol–water partition coefficient (Wildman–Crippen LogP) is 2.00. The van der Waals surface area contributed by atoms with Crippen LogP contribution < -0.4 is 5.56 Å². The van der Waals surface area contributed by atoms with E-state index in [0.717, 1.165) is 25.7 Å². The molecule has 6 nitrogen and oxygen atoms in total. The van der Waals surface area contributed by atoms with Crippen LogP contribution in [0.15, 0.2) is 21.5 Å². The second kappa shape index (κ2) is 5.87. The maximum absolute atomic E-state index is 12.8. The van der Waals surface area contributed by atoms with Crippen LogP contribution in [0.3, 0.4) is 0 Å². The van der Waals surface area contributed by atoms with Crippen molar-refractivity contribution in [2.45, 2.75) is 44.2 Å². The van der Waals surface area contributed by atoms with E-state index in [-0.39, 0.29) is 27.9 Å². The summed E-state index contributed by atoms with van der Waals surface area (Å²) in [6.07, 6.45) is 5.82. The molecule has 2 N–H and O–H groups in total. The largest absolute Gasteiger partial charge is 0.480 e. The monoisotopic (exact) mass is 368 g/mol. The van der Waals surface area contributed by atoms with Crippen LogP contribution in [0.2, 0.25) is 0 Å². The SMILES string of the molecule is O=C(O)[C@@H]1C[C@@H]2CCCC[C@H]2N1C(=O)c1c[nH]c(=O)c(Br)c1. The van der Waals surface area contributed by atoms with Crippen molar-refractivity contribution in [1.29, 1.82) is 0 Å². The molecule has 2 heterocycles. The van der Waals surface area contributed by atoms with Crippen molar-refractivity contribution in [3.05, 3.63) is 32.7 Å². The summed E-state index contributed by atoms with van der Waals surface area (Å²) in [5.74, 6) is -1.00. The van der Waals surface area contributed by atoms with E-state index in [1.54, 1.807) is 0 Å². The van der Waals surface area contributed by atoms with Crippen molar-refractivity contribution < 1.29 is 14.7 Å². The summed E-state index contributed by atoms with van der Waals surface area (Å²) < 4.78 is 0.268. The van der Waals surface area contributed by atoms with Crippen LogP contribution >= 0.6 is 15.9 Å². The normalized spacial score (nSPS) is 27.5. The summed E-state index contributed by atoms with van der Waals surface area (Å²) in [7, 11) is 0. The van der Waals surface area contributed by atoms with Gasteiger partial charge in [-0.1, -0.05) is 12.8 Å². The van der Waals surface area contributed by atoms with Crippen molar-refractivity contribution in [2.75, 3.05) is 0 Å². The van der Waals surface area contributed by atoms with Crippen LogP contribution in [0.4, 0.5) is 0 Å². The van der Waals surface area contributed by atoms with Gasteiger partial charge in [-0.15, -0.1) is 0 Å². The minimum Gasteiger partial charge on any atom is -0.480 e. The maximum Gasteiger partial charge on any atom is 0.326 e. The van der Waals surface area contributed by atoms with Crippen molar-refractivity contribution in [2.24, 2.45) is 5.92 Å². The third kappa shape index (κ3) is 2.58. The van der Waals surface area contributed by atoms with Crippen molar-refractivity contribution in [3.8, 4) is 0 Å². The first-order chi connectivity index (χ1) is 10.5. The van der Waals surface area contributed by atoms with Crippen molar-refractivity contribution >= 4 is 27.8 Å². The molecule has 1 aromatic rings. The summed E-state index contributed by atoms with van der Waals surface area (Å²) in [6, 6.07) is 0.676. The Hall–Kier alpha value is -1.63. The Labute approximate surface area is 135 Å². The number of carbonyl (C=O) groups excluding carboxylic acids is 1. The zero-order valence-corrected chi connectivity index (χ0v) is 13.5. The van der Waals surface area contributed by atoms with Crippen LogP contribution in [0.1, 0.15) is 42.5 Å². The molecule has 0 bridgehead atoms. The minimum absolute atomic E-state index is 0.00643. The van der Waals surface area contributed by atoms with Crippen LogP contribution in [-0.2, 0) is 4.79 Å². The van der Waals surface area contributed by atoms with E-state index in [1.165, 1.54) is 17.2 Å². The van der Waals surface area contributed by atoms with E-state index in [2.05, 4.69) is 20.9 Å². The van der Waals surface area contributed by atoms with Gasteiger partial charge >= 0.3 is 5.97 Å². The standard InChI is InChI=1S/C15H17BrN2O4/c16-10-5-9(7-17-13(10)19)14(20)18-11-4-2-1-3-8(11)6-12(18)15(21)22/h5,7-8,11-12H,1-4,6H2,(H,17,19)(H,21,22)/t8-,11+,12-/m0/s1. The van der Waals surface area contributed by atoms with Gasteiger partial charge in [-0.05, 0) is 47.2 Å². The average molecular weight is 369 g/mol. The Kier molecular flexibility index (Phi) is 4.08. The maximum atomic E-state index is 12.8. The number of halogens is 1. The van der Waals surface area contributed by atoms with E-state index in [4.69, 9.17) is 0 Å². The minimum atomic E-state index is -0.953. The average Bonchev–Trinajstić information content (AvgIpc) is 2.89. The highest BCUT2D eigenvalue weighted by molar-refractivity contribution is 9.10. The Morgan fingerprint density at radius 2 is 2.05 bits per heavy atom. The second-order valence-electron chi connectivity index (χ2n) is 5.98. The van der Waals surface area contributed by atoms with Gasteiger partial charge in [-0.3, -0.25) is 9.59 Å². The molecular weight excluding hydrogens is 352 g/mol. The van der Waals surface area contributed by atoms with Gasteiger partial charge in [0, 0.05) is 12.2 Å². The number of carboxylic acid groups (broad SMARTS) is 1. The predicted molar refractivity (Wildman–Crippen MR) is 82.7 cm³/mol. The fraction of sp³-hybridized carbons (Fsp3) is 0.533. The number of aliphatic carboxylic acids is 1. The van der Waals surface area contributed by atoms with Gasteiger partial charge < -0.3 is 15.0 Å². The van der Waals surface area contributed by atoms with E-state index < -0.39 is 12.0 Å². The first kappa shape index (κ1) is 15.3. The summed E-state index contributed by atoms with van der Waals surface area (Å²) in [5.41, 5.74) is -0.00718. The van der Waals surface area contributed by atoms with Crippen LogP contribution in [0, 0.1) is 5.92 Å². The Balaban J connectivity index is 1.95. The van der Waals surface area contributed by atoms with E-state index in [1.807, 2.05) is 0 Å². The molecule has 1 aliphatic carbocycles. The Morgan fingerprint density at radius 1 is 1.32 bits per heavy atom. The number of hydrogen-bond donors (Lipinski definition) is 2. The Morgan fingerprint density at radius 3 is 2.73 bits per heavy atom. The highest BCUT2D eigenvalue weighted by atomic mass is 79.9. The molecule has 7 heteroatoms. The molecule has 1 aromatic heterocycles. The topological polar surface area (TPSA) is 90.5 Å². The molecule has 2 fully saturated rings. The molecular formula is C15H17BrN2O4. The molecule has 1 saturated carbocycles. The lowest BCUT2D eigenvalue weighted by Gasteiger charge is -2.33. The van der Waals surface area contributed by atoms with Gasteiger partial charge in [-0.25, -0.2) is 4.79 Å². The zero-order valence-electron chi connectivity index (χ0n) is 11.9. The van der Waals surface area contributed by atoms with E-state index in [9.17, 15) is 19.5 Å². The van der Waals surface area contributed by atoms with Gasteiger partial charge in [0.15, 0.2) is 0 Å². The smallest absolute Gasteiger partial charge is 0.326 e. The molecule has 1 amide bonds. The van der Waals surface area contributed by atoms with Gasteiger partial charge in [-0.2, -0.15) is 0 Å². The van der Waals surface area contributed by atoms with Gasteiger partial charge in [0.25, 0.3) is 11.5 Å². The molecule has 0 spiro atoms. The molecule has 22 heavy (non-hydrogen) atoms. The van der Waals surface area contributed by atoms with Gasteiger partial charge in [0.1, 0.15) is 6.04 Å². The molecule has 118 valence electrons. The van der Waals surface area contributed by atoms with Gasteiger partial charge in [0.05, 0.1) is 10.0 Å². The quantitative estimate of drug-likeness (QED) is 0.834. The third-order valence-electron chi connectivity index (χ3n) is 4.71. The van der Waals surface area contributed by atoms with Crippen molar-refractivity contribution in [3.63, 3.8) is 0 Å². The fourth-order valence-electron chi connectivity index (χ4n) is 3.70. The lowest BCUT2D eigenvalue weighted by Crippen LogP contribution is -2.46. The molecule has 0 radical (unpaired) electrons. The third-order valence-corrected chi connectivity index (χ3v) is 5.30. The van der Waals surface area contributed by atoms with Crippen molar-refractivity contribution in [1.82, 2.24) is 9.88 Å². The number of likely N-dealkylation sites (tertiary alicyclic amines) is 1. The van der Waals surface area contributed by atoms with E-state index >= 15 is 0 Å². The Bertz CT molecular complexity index is 672. The second-order valence-corrected chi connectivity index (χ2v) is 6.83. The van der Waals surface area contributed by atoms with Crippen LogP contribution in [0.25, 0.3) is 0 Å². The number of H-pyrrole nitrogens is 1. The molecule has 3 rings (SSSR count). The zero-order chi connectivity index (χ0) is 15.9. The molecule has 3 atom stereocenters. The number of carbonyl (C=O) groups is 2. The fourth-order valence-corrected chi connectivity index (χ4v) is 4.06. The molecule has 2 aliphatic rings. The number of nitrogens with zero attached hydrogens (tertiary/aromatic N) is 1. The lowest BCUT2D eigenvalue weighted by molar-refractivity contribution is -0.141. The number of nitrogens with one attached hydrogen (secondary N) is 1. The molecule has 0 unspecified atom stereocenters. The number of rotatable bonds is 2. The van der Waals surface area contributed by atoms with Crippen LogP contribution in [-0.4, -0.2) is 39.0 Å². The number of aromatic amines is 1. The highest BCUT2D eigenvalue weighted by Gasteiger charge is 2.47. The molecule has 1 saturated heterocycles. The first-order valence-corrected chi connectivity index (χ1v) is 8.22. The number of aromatic nitrogens is 1. The molecule has 0 aromatic carbocycles. The van der Waals surface area contributed by atoms with E-state index in [0.29, 0.717) is 12.0 Å². The first-order valence-electron chi connectivity index (χ1n) is 7.42. The summed E-state index contributed by atoms with van der Waals surface area (Å²) >= 11 is 3.11. The van der Waals surface area contributed by atoms with Gasteiger partial charge in [0.2, 0.25) is 0 Å². The molecule has 1 aliphatic heterocycles. The number of hydrogen-bond acceptors (Lipinski definition) is 3. The number of pyridine rings is 1. The number of amides is 1. The highest BCUT2D eigenvalue weighted by Crippen LogP contribution is 2.40.